The fourth-order valence-corrected chi connectivity index (χ4v) is 5.31. The van der Waals surface area contributed by atoms with Gasteiger partial charge in [-0.1, -0.05) is 61.4 Å². The Hall–Kier alpha value is -3.39. The van der Waals surface area contributed by atoms with E-state index in [2.05, 4.69) is 10.6 Å². The number of hydrogen-bond donors (Lipinski definition) is 4. The van der Waals surface area contributed by atoms with Gasteiger partial charge in [0.15, 0.2) is 0 Å². The van der Waals surface area contributed by atoms with Gasteiger partial charge in [0.25, 0.3) is 0 Å². The van der Waals surface area contributed by atoms with Gasteiger partial charge in [-0.25, -0.2) is 4.79 Å². The molecule has 8 nitrogen and oxygen atoms in total. The van der Waals surface area contributed by atoms with Crippen LogP contribution >= 0.6 is 0 Å². The number of rotatable bonds is 9. The topological polar surface area (TPSA) is 125 Å². The van der Waals surface area contributed by atoms with E-state index in [0.29, 0.717) is 6.54 Å². The molecule has 2 amide bonds. The third kappa shape index (κ3) is 5.82. The highest BCUT2D eigenvalue weighted by atomic mass is 16.5. The average Bonchev–Trinajstić information content (AvgIpc) is 3.19. The minimum Gasteiger partial charge on any atom is -0.481 e. The number of aliphatic hydroxyl groups is 1. The second-order valence-corrected chi connectivity index (χ2v) is 9.35. The van der Waals surface area contributed by atoms with Crippen molar-refractivity contribution in [3.05, 3.63) is 59.7 Å². The molecule has 3 unspecified atom stereocenters. The summed E-state index contributed by atoms with van der Waals surface area (Å²) in [6.45, 7) is 0.477. The highest BCUT2D eigenvalue weighted by Crippen LogP contribution is 2.44. The smallest absolute Gasteiger partial charge is 0.407 e. The van der Waals surface area contributed by atoms with Crippen molar-refractivity contribution in [2.24, 2.45) is 11.8 Å². The third-order valence-corrected chi connectivity index (χ3v) is 7.17. The van der Waals surface area contributed by atoms with Gasteiger partial charge in [0, 0.05) is 19.1 Å². The zero-order valence-electron chi connectivity index (χ0n) is 19.6. The van der Waals surface area contributed by atoms with Crippen LogP contribution in [0.1, 0.15) is 49.1 Å². The van der Waals surface area contributed by atoms with Crippen molar-refractivity contribution in [1.29, 1.82) is 0 Å². The number of aliphatic carboxylic acids is 1. The number of ether oxygens (including phenoxy) is 1. The van der Waals surface area contributed by atoms with Crippen molar-refractivity contribution < 1.29 is 29.3 Å². The van der Waals surface area contributed by atoms with Crippen LogP contribution in [-0.2, 0) is 14.3 Å². The maximum absolute atomic E-state index is 12.7. The van der Waals surface area contributed by atoms with Gasteiger partial charge < -0.3 is 25.6 Å². The molecule has 2 aromatic rings. The van der Waals surface area contributed by atoms with Crippen molar-refractivity contribution in [1.82, 2.24) is 10.6 Å². The van der Waals surface area contributed by atoms with Crippen LogP contribution in [0.2, 0.25) is 0 Å². The Bertz CT molecular complexity index is 1030. The lowest BCUT2D eigenvalue weighted by Gasteiger charge is -2.30. The maximum atomic E-state index is 12.7. The summed E-state index contributed by atoms with van der Waals surface area (Å²) in [6.07, 6.45) is 2.51. The lowest BCUT2D eigenvalue weighted by atomic mass is 9.79. The number of carbonyl (C=O) groups excluding carboxylic acids is 2. The zero-order valence-corrected chi connectivity index (χ0v) is 19.6. The van der Waals surface area contributed by atoms with Crippen LogP contribution in [-0.4, -0.2) is 54.0 Å². The van der Waals surface area contributed by atoms with E-state index in [-0.39, 0.29) is 31.0 Å². The predicted octanol–water partition coefficient (Wildman–Crippen LogP) is 3.28. The molecule has 4 rings (SSSR count). The van der Waals surface area contributed by atoms with E-state index in [4.69, 9.17) is 4.74 Å². The summed E-state index contributed by atoms with van der Waals surface area (Å²) in [4.78, 5) is 36.7. The molecular weight excluding hydrogens is 448 g/mol. The fourth-order valence-electron chi connectivity index (χ4n) is 5.31. The van der Waals surface area contributed by atoms with Crippen LogP contribution in [0.3, 0.4) is 0 Å². The Kier molecular flexibility index (Phi) is 8.02. The molecule has 0 radical (unpaired) electrons. The fraction of sp³-hybridized carbons (Fsp3) is 0.444. The van der Waals surface area contributed by atoms with Gasteiger partial charge in [0.05, 0.1) is 6.42 Å². The van der Waals surface area contributed by atoms with Crippen molar-refractivity contribution in [3.63, 3.8) is 0 Å². The molecule has 0 aliphatic heterocycles. The molecule has 0 bridgehead atoms. The second kappa shape index (κ2) is 11.4. The molecular formula is C27H32N2O6. The molecule has 186 valence electrons. The maximum Gasteiger partial charge on any atom is 0.407 e. The Labute approximate surface area is 204 Å². The molecule has 1 fully saturated rings. The molecule has 8 heteroatoms. The summed E-state index contributed by atoms with van der Waals surface area (Å²) in [7, 11) is 0. The number of fused-ring (bicyclic) bond motifs is 3. The highest BCUT2D eigenvalue weighted by Gasteiger charge is 2.31. The number of carbonyl (C=O) groups is 3. The molecule has 2 aliphatic rings. The number of aliphatic hydroxyl groups excluding tert-OH is 1. The molecule has 1 saturated carbocycles. The van der Waals surface area contributed by atoms with Crippen molar-refractivity contribution >= 4 is 18.0 Å². The van der Waals surface area contributed by atoms with Crippen LogP contribution < -0.4 is 10.6 Å². The normalized spacial score (nSPS) is 19.8. The Balaban J connectivity index is 1.36. The molecule has 0 heterocycles. The number of alkyl carbamates (subject to hydrolysis) is 1. The van der Waals surface area contributed by atoms with Gasteiger partial charge in [-0.15, -0.1) is 0 Å². The Morgan fingerprint density at radius 2 is 1.54 bits per heavy atom. The van der Waals surface area contributed by atoms with Gasteiger partial charge in [-0.05, 0) is 46.9 Å². The first-order chi connectivity index (χ1) is 17.0. The molecule has 0 aromatic heterocycles. The molecule has 0 spiro atoms. The third-order valence-electron chi connectivity index (χ3n) is 7.17. The molecule has 0 saturated heterocycles. The summed E-state index contributed by atoms with van der Waals surface area (Å²) in [6, 6.07) is 14.7. The van der Waals surface area contributed by atoms with Gasteiger partial charge in [0.2, 0.25) is 5.91 Å². The van der Waals surface area contributed by atoms with Crippen LogP contribution in [0.15, 0.2) is 48.5 Å². The van der Waals surface area contributed by atoms with Crippen LogP contribution in [0.25, 0.3) is 11.1 Å². The first-order valence-corrected chi connectivity index (χ1v) is 12.2. The predicted molar refractivity (Wildman–Crippen MR) is 130 cm³/mol. The van der Waals surface area contributed by atoms with Crippen LogP contribution in [0.4, 0.5) is 4.79 Å². The average molecular weight is 481 g/mol. The largest absolute Gasteiger partial charge is 0.481 e. The van der Waals surface area contributed by atoms with Gasteiger partial charge in [0.1, 0.15) is 12.6 Å². The van der Waals surface area contributed by atoms with E-state index in [1.165, 1.54) is 0 Å². The van der Waals surface area contributed by atoms with E-state index in [1.807, 2.05) is 48.5 Å². The number of nitrogens with one attached hydrogen (secondary N) is 2. The summed E-state index contributed by atoms with van der Waals surface area (Å²) in [5.41, 5.74) is 4.33. The van der Waals surface area contributed by atoms with E-state index < -0.39 is 30.4 Å². The van der Waals surface area contributed by atoms with Crippen molar-refractivity contribution in [3.8, 4) is 11.1 Å². The number of carboxylic acids is 1. The standard InChI is InChI=1S/C27H32N2O6/c30-15-18-8-2-1-7-17(18)14-28-26(33)24(13-25(31)32)29-27(34)35-16-23-21-11-5-3-9-19(21)20-10-4-6-12-22(20)23/h3-6,9-12,17-18,23-24,30H,1-2,7-8,13-16H2,(H,28,33)(H,29,34)(H,31,32). The molecule has 35 heavy (non-hydrogen) atoms. The van der Waals surface area contributed by atoms with E-state index in [1.54, 1.807) is 0 Å². The molecule has 3 atom stereocenters. The number of benzene rings is 2. The zero-order chi connectivity index (χ0) is 24.8. The summed E-state index contributed by atoms with van der Waals surface area (Å²) >= 11 is 0. The van der Waals surface area contributed by atoms with Gasteiger partial charge >= 0.3 is 12.1 Å². The number of hydrogen-bond acceptors (Lipinski definition) is 5. The molecule has 4 N–H and O–H groups in total. The lowest BCUT2D eigenvalue weighted by molar-refractivity contribution is -0.139. The number of carboxylic acid groups (broad SMARTS) is 1. The molecule has 2 aliphatic carbocycles. The van der Waals surface area contributed by atoms with Crippen LogP contribution in [0, 0.1) is 11.8 Å². The Morgan fingerprint density at radius 3 is 2.14 bits per heavy atom. The lowest BCUT2D eigenvalue weighted by Crippen LogP contribution is -2.49. The summed E-state index contributed by atoms with van der Waals surface area (Å²) in [5.74, 6) is -1.64. The van der Waals surface area contributed by atoms with E-state index in [0.717, 1.165) is 47.9 Å². The summed E-state index contributed by atoms with van der Waals surface area (Å²) < 4.78 is 5.47. The monoisotopic (exact) mass is 480 g/mol. The van der Waals surface area contributed by atoms with E-state index >= 15 is 0 Å². The second-order valence-electron chi connectivity index (χ2n) is 9.35. The SMILES string of the molecule is O=C(O)CC(NC(=O)OCC1c2ccccc2-c2ccccc21)C(=O)NCC1CCCCC1CO. The van der Waals surface area contributed by atoms with Gasteiger partial charge in [-0.3, -0.25) is 9.59 Å². The van der Waals surface area contributed by atoms with Crippen molar-refractivity contribution in [2.45, 2.75) is 44.1 Å². The molecule has 2 aromatic carbocycles. The van der Waals surface area contributed by atoms with Crippen molar-refractivity contribution in [2.75, 3.05) is 19.8 Å². The highest BCUT2D eigenvalue weighted by molar-refractivity contribution is 5.89. The number of amides is 2. The minimum atomic E-state index is -1.25. The van der Waals surface area contributed by atoms with Gasteiger partial charge in [-0.2, -0.15) is 0 Å². The minimum absolute atomic E-state index is 0.0666. The summed E-state index contributed by atoms with van der Waals surface area (Å²) in [5, 5.41) is 24.0. The van der Waals surface area contributed by atoms with Crippen LogP contribution in [0.5, 0.6) is 0 Å². The first-order valence-electron chi connectivity index (χ1n) is 12.2. The quantitative estimate of drug-likeness (QED) is 0.437. The van der Waals surface area contributed by atoms with E-state index in [9.17, 15) is 24.6 Å². The first kappa shape index (κ1) is 24.7. The Morgan fingerprint density at radius 1 is 0.943 bits per heavy atom.